The minimum absolute atomic E-state index is 0.0408. The van der Waals surface area contributed by atoms with E-state index >= 15 is 0 Å². The highest BCUT2D eigenvalue weighted by atomic mass is 16.4. The van der Waals surface area contributed by atoms with Crippen LogP contribution in [0.15, 0.2) is 40.8 Å². The minimum Gasteiger partial charge on any atom is -0.475 e. The van der Waals surface area contributed by atoms with Gasteiger partial charge in [-0.05, 0) is 23.1 Å². The molecular weight excluding hydrogens is 256 g/mol. The molecule has 1 aromatic heterocycles. The summed E-state index contributed by atoms with van der Waals surface area (Å²) in [4.78, 5) is 23.3. The maximum atomic E-state index is 12.5. The number of hydrogen-bond acceptors (Lipinski definition) is 3. The van der Waals surface area contributed by atoms with Crippen molar-refractivity contribution in [2.24, 2.45) is 0 Å². The lowest BCUT2D eigenvalue weighted by Gasteiger charge is -2.21. The molecule has 0 fully saturated rings. The Morgan fingerprint density at radius 1 is 1.00 bits per heavy atom. The summed E-state index contributed by atoms with van der Waals surface area (Å²) in [7, 11) is 0. The maximum Gasteiger partial charge on any atom is 0.371 e. The van der Waals surface area contributed by atoms with Gasteiger partial charge >= 0.3 is 5.97 Å². The van der Waals surface area contributed by atoms with Crippen LogP contribution in [-0.4, -0.2) is 16.9 Å². The number of hydrogen-bond donors (Lipinski definition) is 1. The molecule has 0 spiro atoms. The fourth-order valence-electron chi connectivity index (χ4n) is 2.04. The van der Waals surface area contributed by atoms with Gasteiger partial charge in [-0.15, -0.1) is 0 Å². The molecule has 104 valence electrons. The van der Waals surface area contributed by atoms with Gasteiger partial charge in [0.05, 0.1) is 0 Å². The quantitative estimate of drug-likeness (QED) is 0.868. The van der Waals surface area contributed by atoms with E-state index in [1.807, 2.05) is 32.9 Å². The molecule has 0 saturated carbocycles. The molecule has 1 heterocycles. The fraction of sp³-hybridized carbons (Fsp3) is 0.250. The number of carboxylic acids is 1. The van der Waals surface area contributed by atoms with Crippen LogP contribution >= 0.6 is 0 Å². The fourth-order valence-corrected chi connectivity index (χ4v) is 2.04. The Hall–Kier alpha value is -2.36. The Kier molecular flexibility index (Phi) is 3.49. The van der Waals surface area contributed by atoms with Crippen LogP contribution in [0.3, 0.4) is 0 Å². The number of carboxylic acid groups (broad SMARTS) is 1. The van der Waals surface area contributed by atoms with Crippen molar-refractivity contribution < 1.29 is 19.1 Å². The van der Waals surface area contributed by atoms with Crippen molar-refractivity contribution in [3.63, 3.8) is 0 Å². The molecule has 1 aromatic carbocycles. The summed E-state index contributed by atoms with van der Waals surface area (Å²) in [6.45, 7) is 6.05. The Labute approximate surface area is 117 Å². The first-order valence-corrected chi connectivity index (χ1v) is 6.28. The van der Waals surface area contributed by atoms with Gasteiger partial charge in [-0.2, -0.15) is 0 Å². The predicted molar refractivity (Wildman–Crippen MR) is 74.2 cm³/mol. The minimum atomic E-state index is -1.19. The van der Waals surface area contributed by atoms with Gasteiger partial charge in [0.2, 0.25) is 11.5 Å². The van der Waals surface area contributed by atoms with Gasteiger partial charge in [-0.3, -0.25) is 4.79 Å². The van der Waals surface area contributed by atoms with Gasteiger partial charge in [0, 0.05) is 5.56 Å². The number of aromatic carboxylic acids is 1. The molecule has 0 unspecified atom stereocenters. The number of benzene rings is 1. The van der Waals surface area contributed by atoms with Gasteiger partial charge in [-0.1, -0.05) is 45.0 Å². The smallest absolute Gasteiger partial charge is 0.371 e. The van der Waals surface area contributed by atoms with Crippen molar-refractivity contribution in [3.8, 4) is 0 Å². The maximum absolute atomic E-state index is 12.5. The van der Waals surface area contributed by atoms with Crippen molar-refractivity contribution in [2.45, 2.75) is 26.2 Å². The molecule has 0 aliphatic rings. The third-order valence-corrected chi connectivity index (χ3v) is 3.02. The first-order chi connectivity index (χ1) is 9.30. The molecule has 0 saturated heterocycles. The summed E-state index contributed by atoms with van der Waals surface area (Å²) in [6.07, 6.45) is 0. The average Bonchev–Trinajstić information content (AvgIpc) is 2.86. The van der Waals surface area contributed by atoms with Crippen molar-refractivity contribution in [3.05, 3.63) is 59.0 Å². The second-order valence-electron chi connectivity index (χ2n) is 5.59. The highest BCUT2D eigenvalue weighted by Gasteiger charge is 2.24. The highest BCUT2D eigenvalue weighted by molar-refractivity contribution is 6.08. The van der Waals surface area contributed by atoms with Crippen LogP contribution in [0.4, 0.5) is 0 Å². The molecule has 2 aromatic rings. The Morgan fingerprint density at radius 3 is 2.15 bits per heavy atom. The Bertz CT molecular complexity index is 659. The number of furan rings is 1. The molecule has 0 bridgehead atoms. The van der Waals surface area contributed by atoms with Crippen molar-refractivity contribution in [1.82, 2.24) is 0 Å². The predicted octanol–water partition coefficient (Wildman–Crippen LogP) is 3.51. The standard InChI is InChI=1S/C16H16O4/c1-16(2,3)11-7-5-4-6-10(11)14(17)12-8-9-13(20-12)15(18)19/h4-9H,1-3H3,(H,18,19). The topological polar surface area (TPSA) is 67.5 Å². The van der Waals surface area contributed by atoms with Crippen LogP contribution in [0.2, 0.25) is 0 Å². The molecule has 0 amide bonds. The Balaban J connectivity index is 2.46. The van der Waals surface area contributed by atoms with Crippen molar-refractivity contribution >= 4 is 11.8 Å². The van der Waals surface area contributed by atoms with E-state index in [9.17, 15) is 9.59 Å². The molecule has 1 N–H and O–H groups in total. The van der Waals surface area contributed by atoms with Crippen LogP contribution in [0, 0.1) is 0 Å². The van der Waals surface area contributed by atoms with Gasteiger partial charge in [-0.25, -0.2) is 4.79 Å². The number of ketones is 1. The molecule has 20 heavy (non-hydrogen) atoms. The van der Waals surface area contributed by atoms with E-state index in [4.69, 9.17) is 9.52 Å². The number of carbonyl (C=O) groups excluding carboxylic acids is 1. The van der Waals surface area contributed by atoms with Crippen LogP contribution in [-0.2, 0) is 5.41 Å². The van der Waals surface area contributed by atoms with E-state index in [1.165, 1.54) is 12.1 Å². The third-order valence-electron chi connectivity index (χ3n) is 3.02. The van der Waals surface area contributed by atoms with E-state index in [0.717, 1.165) is 5.56 Å². The normalized spacial score (nSPS) is 11.3. The number of carbonyl (C=O) groups is 2. The summed E-state index contributed by atoms with van der Waals surface area (Å²) in [6, 6.07) is 9.96. The van der Waals surface area contributed by atoms with Crippen LogP contribution in [0.25, 0.3) is 0 Å². The van der Waals surface area contributed by atoms with Crippen LogP contribution < -0.4 is 0 Å². The molecule has 4 nitrogen and oxygen atoms in total. The first kappa shape index (κ1) is 14.1. The molecular formula is C16H16O4. The molecule has 0 atom stereocenters. The summed E-state index contributed by atoms with van der Waals surface area (Å²) in [5.74, 6) is -1.68. The molecule has 2 rings (SSSR count). The van der Waals surface area contributed by atoms with E-state index < -0.39 is 5.97 Å². The van der Waals surface area contributed by atoms with Gasteiger partial charge < -0.3 is 9.52 Å². The lowest BCUT2D eigenvalue weighted by Crippen LogP contribution is -2.17. The third kappa shape index (κ3) is 2.64. The average molecular weight is 272 g/mol. The zero-order valence-electron chi connectivity index (χ0n) is 11.6. The van der Waals surface area contributed by atoms with Crippen LogP contribution in [0.5, 0.6) is 0 Å². The van der Waals surface area contributed by atoms with E-state index in [0.29, 0.717) is 5.56 Å². The van der Waals surface area contributed by atoms with Crippen molar-refractivity contribution in [2.75, 3.05) is 0 Å². The summed E-state index contributed by atoms with van der Waals surface area (Å²) < 4.78 is 5.08. The zero-order valence-corrected chi connectivity index (χ0v) is 11.6. The molecule has 4 heteroatoms. The first-order valence-electron chi connectivity index (χ1n) is 6.28. The van der Waals surface area contributed by atoms with Gasteiger partial charge in [0.25, 0.3) is 0 Å². The second kappa shape index (κ2) is 4.96. The van der Waals surface area contributed by atoms with E-state index in [2.05, 4.69) is 0 Å². The van der Waals surface area contributed by atoms with E-state index in [-0.39, 0.29) is 22.7 Å². The summed E-state index contributed by atoms with van der Waals surface area (Å²) in [5, 5.41) is 8.83. The largest absolute Gasteiger partial charge is 0.475 e. The number of rotatable bonds is 3. The molecule has 0 aliphatic heterocycles. The lowest BCUT2D eigenvalue weighted by molar-refractivity contribution is 0.0660. The lowest BCUT2D eigenvalue weighted by atomic mass is 9.82. The molecule has 0 aliphatic carbocycles. The zero-order chi connectivity index (χ0) is 14.9. The highest BCUT2D eigenvalue weighted by Crippen LogP contribution is 2.27. The summed E-state index contributed by atoms with van der Waals surface area (Å²) >= 11 is 0. The van der Waals surface area contributed by atoms with E-state index in [1.54, 1.807) is 12.1 Å². The molecule has 0 radical (unpaired) electrons. The monoisotopic (exact) mass is 272 g/mol. The van der Waals surface area contributed by atoms with Crippen LogP contribution in [0.1, 0.15) is 53.0 Å². The summed E-state index contributed by atoms with van der Waals surface area (Å²) in [5.41, 5.74) is 1.25. The second-order valence-corrected chi connectivity index (χ2v) is 5.59. The Morgan fingerprint density at radius 2 is 1.60 bits per heavy atom. The van der Waals surface area contributed by atoms with Crippen molar-refractivity contribution in [1.29, 1.82) is 0 Å². The van der Waals surface area contributed by atoms with Gasteiger partial charge in [0.1, 0.15) is 0 Å². The van der Waals surface area contributed by atoms with Gasteiger partial charge in [0.15, 0.2) is 5.76 Å². The SMILES string of the molecule is CC(C)(C)c1ccccc1C(=O)c1ccc(C(=O)O)o1.